The molecule has 19 heavy (non-hydrogen) atoms. The van der Waals surface area contributed by atoms with Crippen molar-refractivity contribution in [3.63, 3.8) is 0 Å². The molecule has 98 valence electrons. The van der Waals surface area contributed by atoms with Crippen molar-refractivity contribution < 1.29 is 0 Å². The van der Waals surface area contributed by atoms with Crippen molar-refractivity contribution in [3.8, 4) is 0 Å². The zero-order chi connectivity index (χ0) is 13.2. The summed E-state index contributed by atoms with van der Waals surface area (Å²) in [6, 6.07) is 1.59. The van der Waals surface area contributed by atoms with Gasteiger partial charge in [-0.1, -0.05) is 11.8 Å². The Hall–Kier alpha value is -1.60. The van der Waals surface area contributed by atoms with Gasteiger partial charge in [0, 0.05) is 42.3 Å². The molecule has 0 bridgehead atoms. The SMILES string of the molecule is CCn1ccnc1SCc1cc(=O)n2ccsc2n1. The van der Waals surface area contributed by atoms with Gasteiger partial charge in [0.25, 0.3) is 5.56 Å². The van der Waals surface area contributed by atoms with Gasteiger partial charge in [0.1, 0.15) is 0 Å². The molecule has 5 nitrogen and oxygen atoms in total. The summed E-state index contributed by atoms with van der Waals surface area (Å²) in [7, 11) is 0. The van der Waals surface area contributed by atoms with Crippen LogP contribution in [-0.4, -0.2) is 18.9 Å². The molecule has 3 rings (SSSR count). The minimum absolute atomic E-state index is 0.0271. The summed E-state index contributed by atoms with van der Waals surface area (Å²) in [5, 5.41) is 2.82. The lowest BCUT2D eigenvalue weighted by atomic mass is 10.4. The van der Waals surface area contributed by atoms with Crippen molar-refractivity contribution in [3.05, 3.63) is 46.1 Å². The minimum Gasteiger partial charge on any atom is -0.326 e. The Labute approximate surface area is 117 Å². The van der Waals surface area contributed by atoms with Gasteiger partial charge in [0.2, 0.25) is 0 Å². The second kappa shape index (κ2) is 5.18. The molecule has 0 aromatic carbocycles. The van der Waals surface area contributed by atoms with E-state index in [0.717, 1.165) is 22.4 Å². The van der Waals surface area contributed by atoms with Gasteiger partial charge < -0.3 is 4.57 Å². The Bertz CT molecular complexity index is 758. The number of nitrogens with zero attached hydrogens (tertiary/aromatic N) is 4. The zero-order valence-corrected chi connectivity index (χ0v) is 11.9. The second-order valence-electron chi connectivity index (χ2n) is 3.93. The maximum absolute atomic E-state index is 11.8. The molecule has 0 aliphatic carbocycles. The van der Waals surface area contributed by atoms with E-state index >= 15 is 0 Å². The third-order valence-corrected chi connectivity index (χ3v) is 4.52. The smallest absolute Gasteiger partial charge is 0.258 e. The van der Waals surface area contributed by atoms with Crippen LogP contribution in [0.2, 0.25) is 0 Å². The summed E-state index contributed by atoms with van der Waals surface area (Å²) in [6.07, 6.45) is 5.49. The van der Waals surface area contributed by atoms with Gasteiger partial charge in [-0.05, 0) is 6.92 Å². The number of thiazole rings is 1. The van der Waals surface area contributed by atoms with Gasteiger partial charge in [-0.25, -0.2) is 9.97 Å². The molecule has 0 fully saturated rings. The summed E-state index contributed by atoms with van der Waals surface area (Å²) < 4.78 is 3.63. The summed E-state index contributed by atoms with van der Waals surface area (Å²) in [5.41, 5.74) is 0.767. The van der Waals surface area contributed by atoms with Crippen molar-refractivity contribution in [1.82, 2.24) is 18.9 Å². The summed E-state index contributed by atoms with van der Waals surface area (Å²) in [5.74, 6) is 0.653. The Balaban J connectivity index is 1.84. The molecule has 0 aliphatic heterocycles. The van der Waals surface area contributed by atoms with Crippen LogP contribution in [0.25, 0.3) is 4.96 Å². The fraction of sp³-hybridized carbons (Fsp3) is 0.250. The summed E-state index contributed by atoms with van der Waals surface area (Å²) in [6.45, 7) is 2.97. The minimum atomic E-state index is -0.0271. The van der Waals surface area contributed by atoms with Gasteiger partial charge in [0.15, 0.2) is 10.1 Å². The van der Waals surface area contributed by atoms with Crippen molar-refractivity contribution in [2.45, 2.75) is 24.4 Å². The van der Waals surface area contributed by atoms with E-state index in [4.69, 9.17) is 0 Å². The van der Waals surface area contributed by atoms with E-state index in [1.165, 1.54) is 11.3 Å². The van der Waals surface area contributed by atoms with Crippen molar-refractivity contribution in [2.24, 2.45) is 0 Å². The third-order valence-electron chi connectivity index (χ3n) is 2.72. The number of hydrogen-bond acceptors (Lipinski definition) is 5. The molecule has 7 heteroatoms. The molecule has 3 heterocycles. The van der Waals surface area contributed by atoms with Crippen LogP contribution in [-0.2, 0) is 12.3 Å². The Morgan fingerprint density at radius 2 is 2.32 bits per heavy atom. The molecule has 0 unspecified atom stereocenters. The average Bonchev–Trinajstić information content (AvgIpc) is 3.04. The van der Waals surface area contributed by atoms with E-state index in [1.807, 2.05) is 11.6 Å². The van der Waals surface area contributed by atoms with E-state index in [1.54, 1.807) is 34.6 Å². The zero-order valence-electron chi connectivity index (χ0n) is 10.3. The van der Waals surface area contributed by atoms with Gasteiger partial charge in [-0.2, -0.15) is 0 Å². The van der Waals surface area contributed by atoms with Crippen LogP contribution in [0.4, 0.5) is 0 Å². The van der Waals surface area contributed by atoms with Gasteiger partial charge in [0.05, 0.1) is 5.69 Å². The Morgan fingerprint density at radius 1 is 1.42 bits per heavy atom. The third kappa shape index (κ3) is 2.43. The maximum atomic E-state index is 11.8. The quantitative estimate of drug-likeness (QED) is 0.692. The van der Waals surface area contributed by atoms with E-state index in [-0.39, 0.29) is 5.56 Å². The molecular formula is C12H12N4OS2. The van der Waals surface area contributed by atoms with E-state index in [9.17, 15) is 4.79 Å². The summed E-state index contributed by atoms with van der Waals surface area (Å²) >= 11 is 3.07. The number of fused-ring (bicyclic) bond motifs is 1. The van der Waals surface area contributed by atoms with Gasteiger partial charge >= 0.3 is 0 Å². The molecule has 0 aliphatic rings. The topological polar surface area (TPSA) is 52.2 Å². The molecule has 0 saturated carbocycles. The van der Waals surface area contributed by atoms with E-state index < -0.39 is 0 Å². The number of imidazole rings is 1. The number of aromatic nitrogens is 4. The Kier molecular flexibility index (Phi) is 3.39. The monoisotopic (exact) mass is 292 g/mol. The Morgan fingerprint density at radius 3 is 3.16 bits per heavy atom. The van der Waals surface area contributed by atoms with Crippen molar-refractivity contribution >= 4 is 28.1 Å². The highest BCUT2D eigenvalue weighted by molar-refractivity contribution is 7.98. The lowest BCUT2D eigenvalue weighted by Gasteiger charge is -2.03. The van der Waals surface area contributed by atoms with Gasteiger partial charge in [-0.3, -0.25) is 9.20 Å². The van der Waals surface area contributed by atoms with Crippen LogP contribution in [0.1, 0.15) is 12.6 Å². The molecule has 0 saturated heterocycles. The van der Waals surface area contributed by atoms with Crippen molar-refractivity contribution in [2.75, 3.05) is 0 Å². The highest BCUT2D eigenvalue weighted by atomic mass is 32.2. The van der Waals surface area contributed by atoms with Crippen LogP contribution in [0.15, 0.2) is 40.0 Å². The van der Waals surface area contributed by atoms with Crippen LogP contribution >= 0.6 is 23.1 Å². The molecule has 0 radical (unpaired) electrons. The highest BCUT2D eigenvalue weighted by Gasteiger charge is 2.06. The van der Waals surface area contributed by atoms with Crippen LogP contribution in [0, 0.1) is 0 Å². The first kappa shape index (κ1) is 12.4. The number of aryl methyl sites for hydroxylation is 1. The first-order valence-corrected chi connectivity index (χ1v) is 7.74. The molecule has 0 N–H and O–H groups in total. The molecule has 3 aromatic heterocycles. The largest absolute Gasteiger partial charge is 0.326 e. The molecule has 0 spiro atoms. The number of thioether (sulfide) groups is 1. The predicted octanol–water partition coefficient (Wildman–Crippen LogP) is 2.26. The second-order valence-corrected chi connectivity index (χ2v) is 5.74. The van der Waals surface area contributed by atoms with E-state index in [0.29, 0.717) is 5.75 Å². The lowest BCUT2D eigenvalue weighted by Crippen LogP contribution is -2.12. The molecule has 0 amide bonds. The molecule has 0 atom stereocenters. The number of hydrogen-bond donors (Lipinski definition) is 0. The van der Waals surface area contributed by atoms with E-state index in [2.05, 4.69) is 21.5 Å². The van der Waals surface area contributed by atoms with Crippen molar-refractivity contribution in [1.29, 1.82) is 0 Å². The maximum Gasteiger partial charge on any atom is 0.258 e. The first-order chi connectivity index (χ1) is 9.28. The number of rotatable bonds is 4. The summed E-state index contributed by atoms with van der Waals surface area (Å²) in [4.78, 5) is 21.4. The van der Waals surface area contributed by atoms with Gasteiger partial charge in [-0.15, -0.1) is 11.3 Å². The lowest BCUT2D eigenvalue weighted by molar-refractivity contribution is 0.681. The standard InChI is InChI=1S/C12H12N4OS2/c1-2-15-4-3-13-11(15)19-8-9-7-10(17)16-5-6-18-12(16)14-9/h3-7H,2,8H2,1H3. The van der Waals surface area contributed by atoms with Crippen LogP contribution in [0.5, 0.6) is 0 Å². The predicted molar refractivity (Wildman–Crippen MR) is 76.8 cm³/mol. The molecular weight excluding hydrogens is 280 g/mol. The highest BCUT2D eigenvalue weighted by Crippen LogP contribution is 2.20. The fourth-order valence-electron chi connectivity index (χ4n) is 1.78. The first-order valence-electron chi connectivity index (χ1n) is 5.87. The average molecular weight is 292 g/mol. The fourth-order valence-corrected chi connectivity index (χ4v) is 3.43. The van der Waals surface area contributed by atoms with Crippen LogP contribution < -0.4 is 5.56 Å². The van der Waals surface area contributed by atoms with Crippen LogP contribution in [0.3, 0.4) is 0 Å². The normalized spacial score (nSPS) is 11.2. The molecule has 3 aromatic rings.